The summed E-state index contributed by atoms with van der Waals surface area (Å²) in [5.74, 6) is 0.904. The predicted octanol–water partition coefficient (Wildman–Crippen LogP) is 3.33. The smallest absolute Gasteiger partial charge is 0.315 e. The van der Waals surface area contributed by atoms with Gasteiger partial charge in [0.05, 0.1) is 0 Å². The highest BCUT2D eigenvalue weighted by Gasteiger charge is 2.16. The lowest BCUT2D eigenvalue weighted by Gasteiger charge is -2.12. The van der Waals surface area contributed by atoms with Crippen LogP contribution in [0, 0.1) is 6.92 Å². The molecular weight excluding hydrogens is 256 g/mol. The minimum Gasteiger partial charge on any atom is -0.337 e. The first-order chi connectivity index (χ1) is 9.24. The van der Waals surface area contributed by atoms with Crippen LogP contribution in [0.15, 0.2) is 29.2 Å². The monoisotopic (exact) mass is 278 g/mol. The van der Waals surface area contributed by atoms with Crippen molar-refractivity contribution in [1.29, 1.82) is 0 Å². The second kappa shape index (κ2) is 7.43. The molecule has 0 atom stereocenters. The van der Waals surface area contributed by atoms with Crippen molar-refractivity contribution in [2.75, 3.05) is 12.3 Å². The minimum absolute atomic E-state index is 0.0172. The van der Waals surface area contributed by atoms with Gasteiger partial charge in [-0.1, -0.05) is 30.5 Å². The lowest BCUT2D eigenvalue weighted by molar-refractivity contribution is 0.238. The summed E-state index contributed by atoms with van der Waals surface area (Å²) in [5.41, 5.74) is 1.28. The van der Waals surface area contributed by atoms with Crippen molar-refractivity contribution in [2.45, 2.75) is 43.5 Å². The van der Waals surface area contributed by atoms with E-state index in [1.807, 2.05) is 0 Å². The molecule has 0 heterocycles. The van der Waals surface area contributed by atoms with Crippen molar-refractivity contribution >= 4 is 17.8 Å². The molecule has 1 aliphatic carbocycles. The van der Waals surface area contributed by atoms with Crippen LogP contribution in [0.4, 0.5) is 4.79 Å². The number of rotatable bonds is 5. The Bertz CT molecular complexity index is 399. The summed E-state index contributed by atoms with van der Waals surface area (Å²) in [6, 6.07) is 8.85. The quantitative estimate of drug-likeness (QED) is 0.641. The van der Waals surface area contributed by atoms with Gasteiger partial charge in [-0.25, -0.2) is 4.79 Å². The first kappa shape index (κ1) is 14.3. The maximum absolute atomic E-state index is 11.6. The standard InChI is InChI=1S/C15H22N2OS/c1-12-6-8-14(9-7-12)19-11-10-16-15(18)17-13-4-2-3-5-13/h6-9,13H,2-5,10-11H2,1H3,(H2,16,17,18). The average Bonchev–Trinajstić information content (AvgIpc) is 2.89. The number of amides is 2. The zero-order chi connectivity index (χ0) is 13.5. The number of urea groups is 1. The van der Waals surface area contributed by atoms with E-state index in [9.17, 15) is 4.79 Å². The van der Waals surface area contributed by atoms with Gasteiger partial charge in [-0.2, -0.15) is 0 Å². The van der Waals surface area contributed by atoms with Gasteiger partial charge < -0.3 is 10.6 Å². The van der Waals surface area contributed by atoms with Crippen LogP contribution < -0.4 is 10.6 Å². The zero-order valence-corrected chi connectivity index (χ0v) is 12.3. The van der Waals surface area contributed by atoms with Crippen LogP contribution in [0.25, 0.3) is 0 Å². The minimum atomic E-state index is -0.0172. The molecule has 0 radical (unpaired) electrons. The van der Waals surface area contributed by atoms with Crippen LogP contribution in [0.3, 0.4) is 0 Å². The maximum Gasteiger partial charge on any atom is 0.315 e. The molecule has 0 saturated heterocycles. The SMILES string of the molecule is Cc1ccc(SCCNC(=O)NC2CCCC2)cc1. The number of benzene rings is 1. The Labute approximate surface area is 119 Å². The van der Waals surface area contributed by atoms with Gasteiger partial charge in [0.15, 0.2) is 0 Å². The van der Waals surface area contributed by atoms with Crippen molar-refractivity contribution in [3.8, 4) is 0 Å². The summed E-state index contributed by atoms with van der Waals surface area (Å²) in [6.45, 7) is 2.79. The van der Waals surface area contributed by atoms with E-state index in [2.05, 4.69) is 41.8 Å². The molecule has 2 amide bonds. The number of nitrogens with one attached hydrogen (secondary N) is 2. The molecule has 2 rings (SSSR count). The molecule has 1 fully saturated rings. The molecular formula is C15H22N2OS. The number of thioether (sulfide) groups is 1. The van der Waals surface area contributed by atoms with Gasteiger partial charge in [-0.05, 0) is 31.9 Å². The van der Waals surface area contributed by atoms with E-state index in [0.29, 0.717) is 12.6 Å². The van der Waals surface area contributed by atoms with E-state index < -0.39 is 0 Å². The number of carbonyl (C=O) groups is 1. The Morgan fingerprint density at radius 3 is 2.63 bits per heavy atom. The third-order valence-corrected chi connectivity index (χ3v) is 4.38. The molecule has 0 aliphatic heterocycles. The molecule has 0 unspecified atom stereocenters. The number of hydrogen-bond acceptors (Lipinski definition) is 2. The summed E-state index contributed by atoms with van der Waals surface area (Å²) < 4.78 is 0. The van der Waals surface area contributed by atoms with Gasteiger partial charge >= 0.3 is 6.03 Å². The van der Waals surface area contributed by atoms with Gasteiger partial charge in [0.2, 0.25) is 0 Å². The maximum atomic E-state index is 11.6. The number of hydrogen-bond donors (Lipinski definition) is 2. The second-order valence-electron chi connectivity index (χ2n) is 5.04. The van der Waals surface area contributed by atoms with E-state index in [1.165, 1.54) is 23.3 Å². The summed E-state index contributed by atoms with van der Waals surface area (Å²) >= 11 is 1.77. The molecule has 2 N–H and O–H groups in total. The van der Waals surface area contributed by atoms with Crippen molar-refractivity contribution in [2.24, 2.45) is 0 Å². The molecule has 0 bridgehead atoms. The van der Waals surface area contributed by atoms with Crippen LogP contribution in [0.2, 0.25) is 0 Å². The number of aryl methyl sites for hydroxylation is 1. The van der Waals surface area contributed by atoms with Gasteiger partial charge in [0.1, 0.15) is 0 Å². The molecule has 1 aliphatic rings. The first-order valence-corrected chi connectivity index (χ1v) is 7.96. The lowest BCUT2D eigenvalue weighted by Crippen LogP contribution is -2.41. The van der Waals surface area contributed by atoms with Crippen LogP contribution in [-0.2, 0) is 0 Å². The molecule has 1 saturated carbocycles. The van der Waals surface area contributed by atoms with Gasteiger partial charge in [-0.15, -0.1) is 11.8 Å². The summed E-state index contributed by atoms with van der Waals surface area (Å²) in [7, 11) is 0. The van der Waals surface area contributed by atoms with Crippen LogP contribution in [0.1, 0.15) is 31.2 Å². The molecule has 4 heteroatoms. The van der Waals surface area contributed by atoms with E-state index in [1.54, 1.807) is 11.8 Å². The van der Waals surface area contributed by atoms with E-state index in [-0.39, 0.29) is 6.03 Å². The molecule has 104 valence electrons. The fourth-order valence-corrected chi connectivity index (χ4v) is 3.04. The molecule has 19 heavy (non-hydrogen) atoms. The largest absolute Gasteiger partial charge is 0.337 e. The van der Waals surface area contributed by atoms with E-state index >= 15 is 0 Å². The lowest BCUT2D eigenvalue weighted by atomic mass is 10.2. The molecule has 1 aromatic carbocycles. The molecule has 0 spiro atoms. The van der Waals surface area contributed by atoms with Gasteiger partial charge in [0, 0.05) is 23.2 Å². The number of carbonyl (C=O) groups excluding carboxylic acids is 1. The van der Waals surface area contributed by atoms with Crippen molar-refractivity contribution in [3.05, 3.63) is 29.8 Å². The van der Waals surface area contributed by atoms with E-state index in [0.717, 1.165) is 18.6 Å². The summed E-state index contributed by atoms with van der Waals surface area (Å²) in [4.78, 5) is 12.9. The van der Waals surface area contributed by atoms with Crippen molar-refractivity contribution in [1.82, 2.24) is 10.6 Å². The fourth-order valence-electron chi connectivity index (χ4n) is 2.27. The van der Waals surface area contributed by atoms with Crippen LogP contribution >= 0.6 is 11.8 Å². The molecule has 3 nitrogen and oxygen atoms in total. The van der Waals surface area contributed by atoms with Gasteiger partial charge in [-0.3, -0.25) is 0 Å². The second-order valence-corrected chi connectivity index (χ2v) is 6.21. The van der Waals surface area contributed by atoms with Crippen LogP contribution in [-0.4, -0.2) is 24.4 Å². The zero-order valence-electron chi connectivity index (χ0n) is 11.4. The summed E-state index contributed by atoms with van der Waals surface area (Å²) in [6.07, 6.45) is 4.75. The molecule has 1 aromatic rings. The van der Waals surface area contributed by atoms with Crippen molar-refractivity contribution in [3.63, 3.8) is 0 Å². The Hall–Kier alpha value is -1.16. The highest BCUT2D eigenvalue weighted by molar-refractivity contribution is 7.99. The predicted molar refractivity (Wildman–Crippen MR) is 80.7 cm³/mol. The summed E-state index contributed by atoms with van der Waals surface area (Å²) in [5, 5.41) is 5.95. The van der Waals surface area contributed by atoms with Gasteiger partial charge in [0.25, 0.3) is 0 Å². The normalized spacial score (nSPS) is 15.4. The van der Waals surface area contributed by atoms with Crippen molar-refractivity contribution < 1.29 is 4.79 Å². The Kier molecular flexibility index (Phi) is 5.58. The Morgan fingerprint density at radius 1 is 1.26 bits per heavy atom. The third-order valence-electron chi connectivity index (χ3n) is 3.37. The highest BCUT2D eigenvalue weighted by Crippen LogP contribution is 2.18. The van der Waals surface area contributed by atoms with Crippen LogP contribution in [0.5, 0.6) is 0 Å². The Balaban J connectivity index is 1.58. The Morgan fingerprint density at radius 2 is 1.95 bits per heavy atom. The average molecular weight is 278 g/mol. The fraction of sp³-hybridized carbons (Fsp3) is 0.533. The third kappa shape index (κ3) is 5.15. The highest BCUT2D eigenvalue weighted by atomic mass is 32.2. The first-order valence-electron chi connectivity index (χ1n) is 6.98. The topological polar surface area (TPSA) is 41.1 Å². The van der Waals surface area contributed by atoms with E-state index in [4.69, 9.17) is 0 Å². The molecule has 0 aromatic heterocycles.